The highest BCUT2D eigenvalue weighted by Gasteiger charge is 2.48. The van der Waals surface area contributed by atoms with Crippen LogP contribution in [0.2, 0.25) is 0 Å². The van der Waals surface area contributed by atoms with Crippen molar-refractivity contribution in [3.05, 3.63) is 72.9 Å². The number of rotatable bonds is 32. The van der Waals surface area contributed by atoms with Gasteiger partial charge in [0.2, 0.25) is 0 Å². The lowest BCUT2D eigenvalue weighted by Crippen LogP contribution is -2.60. The first-order chi connectivity index (χ1) is 26.1. The third-order valence-corrected chi connectivity index (χ3v) is 8.81. The summed E-state index contributed by atoms with van der Waals surface area (Å²) in [6.07, 6.45) is 31.2. The van der Waals surface area contributed by atoms with Crippen molar-refractivity contribution < 1.29 is 56.2 Å². The van der Waals surface area contributed by atoms with Crippen molar-refractivity contribution >= 4 is 16.4 Å². The molecule has 1 aliphatic heterocycles. The number of hydrogen-bond acceptors (Lipinski definition) is 11. The SMILES string of the molecule is CC/C=C\C/C=C\C/C=C\C/C=C\C/C=C\CC(=O)OC(COCCCCCCCC/C=C\CCCC)COC1OC(CO)C(O)C(OS(=O)(=O)O)C1O. The van der Waals surface area contributed by atoms with E-state index in [1.807, 2.05) is 12.2 Å². The highest BCUT2D eigenvalue weighted by Crippen LogP contribution is 2.26. The van der Waals surface area contributed by atoms with Crippen LogP contribution in [0, 0.1) is 0 Å². The van der Waals surface area contributed by atoms with Gasteiger partial charge in [0, 0.05) is 6.61 Å². The monoisotopic (exact) mass is 784 g/mol. The highest BCUT2D eigenvalue weighted by molar-refractivity contribution is 7.80. The van der Waals surface area contributed by atoms with Crippen molar-refractivity contribution in [2.75, 3.05) is 26.4 Å². The molecule has 1 saturated heterocycles. The number of carbonyl (C=O) groups is 1. The van der Waals surface area contributed by atoms with E-state index >= 15 is 0 Å². The molecule has 1 heterocycles. The summed E-state index contributed by atoms with van der Waals surface area (Å²) in [5.74, 6) is -0.532. The molecular weight excluding hydrogens is 717 g/mol. The Morgan fingerprint density at radius 2 is 1.28 bits per heavy atom. The molecule has 6 unspecified atom stereocenters. The Morgan fingerprint density at radius 1 is 0.722 bits per heavy atom. The molecule has 54 heavy (non-hydrogen) atoms. The third-order valence-electron chi connectivity index (χ3n) is 8.35. The molecule has 1 rings (SSSR count). The molecule has 13 heteroatoms. The number of carbonyl (C=O) groups excluding carboxylic acids is 1. The molecule has 4 N–H and O–H groups in total. The number of allylic oxidation sites excluding steroid dienone is 11. The second-order valence-electron chi connectivity index (χ2n) is 13.2. The summed E-state index contributed by atoms with van der Waals surface area (Å²) in [4.78, 5) is 12.7. The molecule has 1 aliphatic rings. The normalized spacial score (nSPS) is 21.9. The van der Waals surface area contributed by atoms with Gasteiger partial charge in [0.25, 0.3) is 0 Å². The van der Waals surface area contributed by atoms with E-state index in [-0.39, 0.29) is 19.6 Å². The quantitative estimate of drug-likeness (QED) is 0.0234. The van der Waals surface area contributed by atoms with E-state index in [0.717, 1.165) is 64.2 Å². The summed E-state index contributed by atoms with van der Waals surface area (Å²) in [5.41, 5.74) is 0. The zero-order valence-corrected chi connectivity index (χ0v) is 33.3. The number of hydrogen-bond donors (Lipinski definition) is 4. The maximum Gasteiger partial charge on any atom is 0.397 e. The van der Waals surface area contributed by atoms with Gasteiger partial charge in [-0.2, -0.15) is 8.42 Å². The predicted molar refractivity (Wildman–Crippen MR) is 211 cm³/mol. The molecule has 0 amide bonds. The highest BCUT2D eigenvalue weighted by atomic mass is 32.3. The minimum Gasteiger partial charge on any atom is -0.457 e. The van der Waals surface area contributed by atoms with E-state index in [4.69, 9.17) is 23.5 Å². The Morgan fingerprint density at radius 3 is 1.85 bits per heavy atom. The maximum absolute atomic E-state index is 12.7. The van der Waals surface area contributed by atoms with Gasteiger partial charge in [0.1, 0.15) is 30.5 Å². The number of unbranched alkanes of at least 4 members (excludes halogenated alkanes) is 8. The van der Waals surface area contributed by atoms with E-state index < -0.39 is 59.8 Å². The first kappa shape index (κ1) is 49.6. The van der Waals surface area contributed by atoms with Crippen molar-refractivity contribution in [3.8, 4) is 0 Å². The van der Waals surface area contributed by atoms with Gasteiger partial charge in [0.05, 0.1) is 26.2 Å². The Kier molecular flexibility index (Phi) is 30.1. The fourth-order valence-corrected chi connectivity index (χ4v) is 5.88. The van der Waals surface area contributed by atoms with Crippen LogP contribution in [0.4, 0.5) is 0 Å². The standard InChI is InChI=1S/C41H68O12S/c1-3-5-7-9-11-13-15-17-18-19-20-22-24-26-28-30-37(43)51-35(33-49-31-29-27-25-23-21-16-14-12-10-8-6-4-2)34-50-41-39(45)40(53-54(46,47)48)38(44)36(32-42)52-41/h5,7,10-13,17-18,20,22,26,28,35-36,38-42,44-45H,3-4,6,8-9,14-16,19,21,23-25,27,29-34H2,1-2H3,(H,46,47,48)/b7-5-,12-10-,13-11-,18-17-,22-20-,28-26-. The molecule has 6 atom stereocenters. The summed E-state index contributed by atoms with van der Waals surface area (Å²) < 4.78 is 58.6. The van der Waals surface area contributed by atoms with E-state index in [2.05, 4.69) is 72.7 Å². The average Bonchev–Trinajstić information content (AvgIpc) is 3.14. The van der Waals surface area contributed by atoms with E-state index in [9.17, 15) is 28.5 Å². The van der Waals surface area contributed by atoms with Crippen molar-refractivity contribution in [1.82, 2.24) is 0 Å². The molecule has 0 aliphatic carbocycles. The van der Waals surface area contributed by atoms with Gasteiger partial charge < -0.3 is 34.3 Å². The predicted octanol–water partition coefficient (Wildman–Crippen LogP) is 7.18. The van der Waals surface area contributed by atoms with Crippen LogP contribution in [-0.2, 0) is 38.3 Å². The van der Waals surface area contributed by atoms with Crippen LogP contribution in [0.15, 0.2) is 72.9 Å². The zero-order chi connectivity index (χ0) is 39.7. The molecule has 310 valence electrons. The average molecular weight is 785 g/mol. The number of aliphatic hydroxyl groups is 3. The fraction of sp³-hybridized carbons (Fsp3) is 0.683. The molecule has 0 saturated carbocycles. The smallest absolute Gasteiger partial charge is 0.397 e. The Labute approximate surface area is 324 Å². The largest absolute Gasteiger partial charge is 0.457 e. The molecule has 0 aromatic heterocycles. The van der Waals surface area contributed by atoms with Gasteiger partial charge in [0.15, 0.2) is 6.29 Å². The van der Waals surface area contributed by atoms with Crippen LogP contribution in [0.25, 0.3) is 0 Å². The van der Waals surface area contributed by atoms with Crippen molar-refractivity contribution in [3.63, 3.8) is 0 Å². The first-order valence-electron chi connectivity index (χ1n) is 19.7. The van der Waals surface area contributed by atoms with E-state index in [1.54, 1.807) is 6.08 Å². The maximum atomic E-state index is 12.7. The molecule has 0 radical (unpaired) electrons. The van der Waals surface area contributed by atoms with Gasteiger partial charge in [-0.1, -0.05) is 125 Å². The van der Waals surface area contributed by atoms with Crippen LogP contribution >= 0.6 is 0 Å². The number of esters is 1. The Balaban J connectivity index is 2.59. The van der Waals surface area contributed by atoms with Crippen molar-refractivity contribution in [2.24, 2.45) is 0 Å². The molecular formula is C41H68O12S. The summed E-state index contributed by atoms with van der Waals surface area (Å²) in [6, 6.07) is 0. The fourth-order valence-electron chi connectivity index (χ4n) is 5.37. The van der Waals surface area contributed by atoms with Gasteiger partial charge in [-0.25, -0.2) is 4.18 Å². The summed E-state index contributed by atoms with van der Waals surface area (Å²) in [5, 5.41) is 30.5. The van der Waals surface area contributed by atoms with Crippen LogP contribution in [0.3, 0.4) is 0 Å². The minimum atomic E-state index is -5.07. The second-order valence-corrected chi connectivity index (χ2v) is 14.2. The van der Waals surface area contributed by atoms with Gasteiger partial charge >= 0.3 is 16.4 Å². The lowest BCUT2D eigenvalue weighted by Gasteiger charge is -2.41. The summed E-state index contributed by atoms with van der Waals surface area (Å²) in [7, 11) is -5.07. The molecule has 0 aromatic carbocycles. The molecule has 1 fully saturated rings. The summed E-state index contributed by atoms with van der Waals surface area (Å²) in [6.45, 7) is 3.66. The Hall–Kier alpha value is -2.46. The van der Waals surface area contributed by atoms with E-state index in [0.29, 0.717) is 13.0 Å². The van der Waals surface area contributed by atoms with Crippen LogP contribution < -0.4 is 0 Å². The second kappa shape index (κ2) is 32.8. The van der Waals surface area contributed by atoms with Gasteiger partial charge in [-0.3, -0.25) is 9.35 Å². The lowest BCUT2D eigenvalue weighted by molar-refractivity contribution is -0.301. The topological polar surface area (TPSA) is 178 Å². The molecule has 0 bridgehead atoms. The lowest BCUT2D eigenvalue weighted by atomic mass is 9.99. The molecule has 0 aromatic rings. The number of ether oxygens (including phenoxy) is 4. The van der Waals surface area contributed by atoms with Gasteiger partial charge in [-0.15, -0.1) is 0 Å². The van der Waals surface area contributed by atoms with E-state index in [1.165, 1.54) is 25.7 Å². The Bertz CT molecular complexity index is 1230. The molecule has 12 nitrogen and oxygen atoms in total. The zero-order valence-electron chi connectivity index (χ0n) is 32.5. The van der Waals surface area contributed by atoms with Crippen LogP contribution in [-0.4, -0.2) is 97.5 Å². The van der Waals surface area contributed by atoms with Crippen molar-refractivity contribution in [2.45, 2.75) is 153 Å². The minimum absolute atomic E-state index is 0.00413. The third kappa shape index (κ3) is 26.4. The van der Waals surface area contributed by atoms with Gasteiger partial charge in [-0.05, 0) is 57.8 Å². The molecule has 0 spiro atoms. The first-order valence-corrected chi connectivity index (χ1v) is 21.1. The van der Waals surface area contributed by atoms with Crippen molar-refractivity contribution in [1.29, 1.82) is 0 Å². The summed E-state index contributed by atoms with van der Waals surface area (Å²) >= 11 is 0. The number of aliphatic hydroxyl groups excluding tert-OH is 3. The van der Waals surface area contributed by atoms with Crippen LogP contribution in [0.5, 0.6) is 0 Å². The van der Waals surface area contributed by atoms with Crippen LogP contribution in [0.1, 0.15) is 117 Å².